The van der Waals surface area contributed by atoms with Crippen molar-refractivity contribution in [2.45, 2.75) is 12.1 Å². The van der Waals surface area contributed by atoms with Crippen LogP contribution in [0.1, 0.15) is 28.8 Å². The van der Waals surface area contributed by atoms with Crippen LogP contribution in [-0.4, -0.2) is 34.0 Å². The van der Waals surface area contributed by atoms with Crippen LogP contribution in [0.25, 0.3) is 5.70 Å². The normalized spacial score (nSPS) is 18.4. The van der Waals surface area contributed by atoms with E-state index in [1.807, 2.05) is 59.4 Å². The fourth-order valence-electron chi connectivity index (χ4n) is 4.57. The van der Waals surface area contributed by atoms with Gasteiger partial charge in [-0.25, -0.2) is 4.68 Å². The molecular weight excluding hydrogens is 418 g/mol. The maximum Gasteiger partial charge on any atom is 0.226 e. The second-order valence-corrected chi connectivity index (χ2v) is 7.78. The third-order valence-electron chi connectivity index (χ3n) is 6.03. The summed E-state index contributed by atoms with van der Waals surface area (Å²) in [6.07, 6.45) is 4.78. The second kappa shape index (κ2) is 7.67. The predicted molar refractivity (Wildman–Crippen MR) is 122 cm³/mol. The van der Waals surface area contributed by atoms with E-state index in [1.165, 1.54) is 0 Å². The van der Waals surface area contributed by atoms with Crippen LogP contribution < -0.4 is 19.5 Å². The standard InChI is InChI=1S/C25H21N5O3/c1-31-19-10-9-15(12-20(19)32-2)24-21-22(17-7-3-4-8-18(17)33-24)29-25-27-14-28-30(25)23(21)16-6-5-11-26-13-16/h3-14,23-24H,1-2H3,(H,27,28,29). The number of benzene rings is 2. The molecule has 2 aromatic carbocycles. The quantitative estimate of drug-likeness (QED) is 0.509. The molecule has 4 heterocycles. The van der Waals surface area contributed by atoms with Crippen LogP contribution in [0.5, 0.6) is 17.2 Å². The average molecular weight is 439 g/mol. The molecule has 6 rings (SSSR count). The zero-order chi connectivity index (χ0) is 22.4. The van der Waals surface area contributed by atoms with Crippen molar-refractivity contribution in [2.75, 3.05) is 19.5 Å². The van der Waals surface area contributed by atoms with Gasteiger partial charge in [0.1, 0.15) is 24.2 Å². The van der Waals surface area contributed by atoms with Gasteiger partial charge < -0.3 is 19.5 Å². The first-order valence-corrected chi connectivity index (χ1v) is 10.6. The summed E-state index contributed by atoms with van der Waals surface area (Å²) in [6, 6.07) is 17.6. The van der Waals surface area contributed by atoms with Gasteiger partial charge in [-0.05, 0) is 35.9 Å². The van der Waals surface area contributed by atoms with E-state index < -0.39 is 6.10 Å². The Hall–Kier alpha value is -4.33. The van der Waals surface area contributed by atoms with Crippen molar-refractivity contribution in [1.29, 1.82) is 0 Å². The largest absolute Gasteiger partial charge is 0.493 e. The summed E-state index contributed by atoms with van der Waals surface area (Å²) < 4.78 is 19.5. The number of nitrogens with zero attached hydrogens (tertiary/aromatic N) is 4. The molecular formula is C25H21N5O3. The number of para-hydroxylation sites is 1. The lowest BCUT2D eigenvalue weighted by atomic mass is 9.85. The average Bonchev–Trinajstić information content (AvgIpc) is 3.35. The van der Waals surface area contributed by atoms with Gasteiger partial charge in [0.25, 0.3) is 0 Å². The highest BCUT2D eigenvalue weighted by atomic mass is 16.5. The molecule has 0 saturated heterocycles. The Morgan fingerprint density at radius 1 is 0.970 bits per heavy atom. The molecule has 0 fully saturated rings. The maximum atomic E-state index is 6.63. The van der Waals surface area contributed by atoms with E-state index in [2.05, 4.69) is 26.4 Å². The maximum absolute atomic E-state index is 6.63. The number of fused-ring (bicyclic) bond motifs is 3. The minimum Gasteiger partial charge on any atom is -0.493 e. The number of aromatic nitrogens is 4. The zero-order valence-electron chi connectivity index (χ0n) is 18.1. The Kier molecular flexibility index (Phi) is 4.50. The van der Waals surface area contributed by atoms with Gasteiger partial charge in [0.2, 0.25) is 5.95 Å². The Balaban J connectivity index is 1.60. The van der Waals surface area contributed by atoms with Crippen molar-refractivity contribution in [3.8, 4) is 17.2 Å². The van der Waals surface area contributed by atoms with Gasteiger partial charge in [-0.15, -0.1) is 0 Å². The minimum absolute atomic E-state index is 0.251. The number of nitrogens with one attached hydrogen (secondary N) is 1. The molecule has 0 amide bonds. The molecule has 4 aromatic rings. The molecule has 2 unspecified atom stereocenters. The Labute approximate surface area is 190 Å². The van der Waals surface area contributed by atoms with E-state index in [4.69, 9.17) is 14.2 Å². The van der Waals surface area contributed by atoms with Crippen molar-refractivity contribution in [1.82, 2.24) is 19.7 Å². The lowest BCUT2D eigenvalue weighted by molar-refractivity contribution is 0.222. The molecule has 2 aliphatic rings. The molecule has 0 radical (unpaired) electrons. The third kappa shape index (κ3) is 3.02. The van der Waals surface area contributed by atoms with Crippen LogP contribution in [-0.2, 0) is 0 Å². The summed E-state index contributed by atoms with van der Waals surface area (Å²) in [7, 11) is 3.26. The van der Waals surface area contributed by atoms with E-state index in [0.29, 0.717) is 17.4 Å². The van der Waals surface area contributed by atoms with Crippen LogP contribution >= 0.6 is 0 Å². The molecule has 2 atom stereocenters. The van der Waals surface area contributed by atoms with Gasteiger partial charge in [-0.1, -0.05) is 24.3 Å². The number of hydrogen-bond acceptors (Lipinski definition) is 7. The number of pyridine rings is 1. The van der Waals surface area contributed by atoms with Gasteiger partial charge in [0.15, 0.2) is 11.5 Å². The first kappa shape index (κ1) is 19.4. The number of rotatable bonds is 4. The van der Waals surface area contributed by atoms with E-state index >= 15 is 0 Å². The Morgan fingerprint density at radius 2 is 1.85 bits per heavy atom. The van der Waals surface area contributed by atoms with E-state index in [-0.39, 0.29) is 6.04 Å². The number of methoxy groups -OCH3 is 2. The number of hydrogen-bond donors (Lipinski definition) is 1. The number of anilines is 1. The molecule has 33 heavy (non-hydrogen) atoms. The lowest BCUT2D eigenvalue weighted by Gasteiger charge is -2.38. The van der Waals surface area contributed by atoms with Gasteiger partial charge in [0.05, 0.1) is 19.9 Å². The molecule has 1 N–H and O–H groups in total. The summed E-state index contributed by atoms with van der Waals surface area (Å²) in [4.78, 5) is 8.82. The highest BCUT2D eigenvalue weighted by Gasteiger charge is 2.41. The first-order chi connectivity index (χ1) is 16.3. The van der Waals surface area contributed by atoms with Crippen LogP contribution in [0, 0.1) is 0 Å². The van der Waals surface area contributed by atoms with Gasteiger partial charge >= 0.3 is 0 Å². The lowest BCUT2D eigenvalue weighted by Crippen LogP contribution is -2.32. The van der Waals surface area contributed by atoms with Crippen molar-refractivity contribution >= 4 is 11.6 Å². The Morgan fingerprint density at radius 3 is 2.67 bits per heavy atom. The van der Waals surface area contributed by atoms with Gasteiger partial charge in [-0.2, -0.15) is 10.1 Å². The van der Waals surface area contributed by atoms with Crippen molar-refractivity contribution < 1.29 is 14.2 Å². The molecule has 8 heteroatoms. The molecule has 164 valence electrons. The monoisotopic (exact) mass is 439 g/mol. The van der Waals surface area contributed by atoms with Gasteiger partial charge in [0, 0.05) is 29.1 Å². The highest BCUT2D eigenvalue weighted by molar-refractivity contribution is 5.85. The molecule has 2 aromatic heterocycles. The summed E-state index contributed by atoms with van der Waals surface area (Å²) in [5, 5.41) is 8.03. The molecule has 2 aliphatic heterocycles. The molecule has 0 aliphatic carbocycles. The van der Waals surface area contributed by atoms with E-state index in [0.717, 1.165) is 33.7 Å². The third-order valence-corrected chi connectivity index (χ3v) is 6.03. The van der Waals surface area contributed by atoms with Crippen molar-refractivity contribution in [2.24, 2.45) is 0 Å². The SMILES string of the molecule is COc1ccc(C2Oc3ccccc3C3=C2C(c2cccnc2)n2ncnc2N3)cc1OC. The van der Waals surface area contributed by atoms with Crippen LogP contribution in [0.3, 0.4) is 0 Å². The zero-order valence-corrected chi connectivity index (χ0v) is 18.1. The number of ether oxygens (including phenoxy) is 3. The van der Waals surface area contributed by atoms with Crippen LogP contribution in [0.4, 0.5) is 5.95 Å². The minimum atomic E-state index is -0.398. The van der Waals surface area contributed by atoms with Crippen LogP contribution in [0.2, 0.25) is 0 Å². The summed E-state index contributed by atoms with van der Waals surface area (Å²) in [5.41, 5.74) is 4.89. The fourth-order valence-corrected chi connectivity index (χ4v) is 4.57. The summed E-state index contributed by atoms with van der Waals surface area (Å²) in [6.45, 7) is 0. The predicted octanol–water partition coefficient (Wildman–Crippen LogP) is 4.25. The molecule has 0 bridgehead atoms. The fraction of sp³-hybridized carbons (Fsp3) is 0.160. The summed E-state index contributed by atoms with van der Waals surface area (Å²) >= 11 is 0. The van der Waals surface area contributed by atoms with Crippen molar-refractivity contribution in [3.05, 3.63) is 95.6 Å². The van der Waals surface area contributed by atoms with E-state index in [9.17, 15) is 0 Å². The van der Waals surface area contributed by atoms with Crippen molar-refractivity contribution in [3.63, 3.8) is 0 Å². The van der Waals surface area contributed by atoms with Gasteiger partial charge in [-0.3, -0.25) is 4.98 Å². The van der Waals surface area contributed by atoms with Crippen LogP contribution in [0.15, 0.2) is 78.9 Å². The molecule has 8 nitrogen and oxygen atoms in total. The summed E-state index contributed by atoms with van der Waals surface area (Å²) in [5.74, 6) is 2.77. The molecule has 0 spiro atoms. The first-order valence-electron chi connectivity index (χ1n) is 10.6. The highest BCUT2D eigenvalue weighted by Crippen LogP contribution is 2.51. The topological polar surface area (TPSA) is 83.3 Å². The second-order valence-electron chi connectivity index (χ2n) is 7.78. The van der Waals surface area contributed by atoms with E-state index in [1.54, 1.807) is 26.7 Å². The molecule has 0 saturated carbocycles. The smallest absolute Gasteiger partial charge is 0.226 e. The Bertz CT molecular complexity index is 1370.